The first-order valence-corrected chi connectivity index (χ1v) is 26.1. The SMILES string of the molecule is CCCCC/C=C\CCCCCCCC(=O)OCCCCCCCCCCCCCCCCC(=O)NC(CO)C(O)/C=C/CCCCCCCCCCCCCCCC. The second kappa shape index (κ2) is 49.0. The Hall–Kier alpha value is -1.66. The van der Waals surface area contributed by atoms with Crippen molar-refractivity contribution in [2.75, 3.05) is 13.2 Å². The third kappa shape index (κ3) is 45.7. The van der Waals surface area contributed by atoms with Crippen LogP contribution >= 0.6 is 0 Å². The zero-order valence-electron chi connectivity index (χ0n) is 39.5. The first-order valence-electron chi connectivity index (χ1n) is 26.1. The van der Waals surface area contributed by atoms with E-state index in [1.54, 1.807) is 6.08 Å². The van der Waals surface area contributed by atoms with Crippen LogP contribution in [0.4, 0.5) is 0 Å². The van der Waals surface area contributed by atoms with E-state index in [0.29, 0.717) is 19.4 Å². The number of amides is 1. The van der Waals surface area contributed by atoms with Crippen LogP contribution in [0.25, 0.3) is 0 Å². The van der Waals surface area contributed by atoms with Gasteiger partial charge in [0.2, 0.25) is 5.91 Å². The molecule has 6 nitrogen and oxygen atoms in total. The Morgan fingerprint density at radius 2 is 0.797 bits per heavy atom. The molecule has 0 aromatic carbocycles. The summed E-state index contributed by atoms with van der Waals surface area (Å²) in [5, 5.41) is 23.1. The minimum absolute atomic E-state index is 0.0137. The maximum atomic E-state index is 12.4. The van der Waals surface area contributed by atoms with Gasteiger partial charge in [-0.25, -0.2) is 0 Å². The highest BCUT2D eigenvalue weighted by atomic mass is 16.5. The average molecular weight is 832 g/mol. The molecule has 2 unspecified atom stereocenters. The lowest BCUT2D eigenvalue weighted by molar-refractivity contribution is -0.143. The van der Waals surface area contributed by atoms with Crippen molar-refractivity contribution in [1.82, 2.24) is 5.32 Å². The summed E-state index contributed by atoms with van der Waals surface area (Å²) in [7, 11) is 0. The van der Waals surface area contributed by atoms with Gasteiger partial charge in [0.15, 0.2) is 0 Å². The molecule has 0 aliphatic carbocycles. The number of nitrogens with one attached hydrogen (secondary N) is 1. The molecule has 0 bridgehead atoms. The van der Waals surface area contributed by atoms with Gasteiger partial charge in [-0.1, -0.05) is 231 Å². The summed E-state index contributed by atoms with van der Waals surface area (Å²) in [6.45, 7) is 4.86. The molecule has 6 heteroatoms. The Labute approximate surface area is 367 Å². The average Bonchev–Trinajstić information content (AvgIpc) is 3.24. The van der Waals surface area contributed by atoms with Crippen LogP contribution in [0, 0.1) is 0 Å². The lowest BCUT2D eigenvalue weighted by Gasteiger charge is -2.20. The Kier molecular flexibility index (Phi) is 47.6. The molecule has 2 atom stereocenters. The number of aliphatic hydroxyl groups is 2. The molecule has 0 saturated heterocycles. The summed E-state index contributed by atoms with van der Waals surface area (Å²) >= 11 is 0. The largest absolute Gasteiger partial charge is 0.466 e. The van der Waals surface area contributed by atoms with Gasteiger partial charge in [-0.3, -0.25) is 9.59 Å². The van der Waals surface area contributed by atoms with E-state index in [0.717, 1.165) is 57.8 Å². The maximum Gasteiger partial charge on any atom is 0.305 e. The topological polar surface area (TPSA) is 95.9 Å². The number of unbranched alkanes of at least 4 members (excludes halogenated alkanes) is 35. The Morgan fingerprint density at radius 1 is 0.458 bits per heavy atom. The zero-order chi connectivity index (χ0) is 43.0. The quantitative estimate of drug-likeness (QED) is 0.0322. The number of aliphatic hydroxyl groups excluding tert-OH is 2. The van der Waals surface area contributed by atoms with E-state index in [1.807, 2.05) is 6.08 Å². The van der Waals surface area contributed by atoms with Gasteiger partial charge in [-0.15, -0.1) is 0 Å². The van der Waals surface area contributed by atoms with Crippen molar-refractivity contribution in [3.05, 3.63) is 24.3 Å². The highest BCUT2D eigenvalue weighted by molar-refractivity contribution is 5.76. The number of hydrogen-bond acceptors (Lipinski definition) is 5. The Balaban J connectivity index is 3.49. The van der Waals surface area contributed by atoms with Gasteiger partial charge in [-0.2, -0.15) is 0 Å². The minimum Gasteiger partial charge on any atom is -0.466 e. The minimum atomic E-state index is -0.851. The van der Waals surface area contributed by atoms with Crippen LogP contribution in [-0.4, -0.2) is 47.4 Å². The number of rotatable bonds is 48. The number of carbonyl (C=O) groups is 2. The molecule has 0 aliphatic heterocycles. The third-order valence-electron chi connectivity index (χ3n) is 12.0. The number of carbonyl (C=O) groups excluding carboxylic acids is 2. The van der Waals surface area contributed by atoms with Crippen molar-refractivity contribution < 1.29 is 24.5 Å². The molecule has 1 amide bonds. The van der Waals surface area contributed by atoms with Crippen LogP contribution in [0.3, 0.4) is 0 Å². The summed E-state index contributed by atoms with van der Waals surface area (Å²) in [4.78, 5) is 24.4. The van der Waals surface area contributed by atoms with Gasteiger partial charge in [0, 0.05) is 12.8 Å². The first-order chi connectivity index (χ1) is 29.0. The number of ether oxygens (including phenoxy) is 1. The van der Waals surface area contributed by atoms with Crippen molar-refractivity contribution in [1.29, 1.82) is 0 Å². The highest BCUT2D eigenvalue weighted by Crippen LogP contribution is 2.16. The van der Waals surface area contributed by atoms with E-state index in [2.05, 4.69) is 31.3 Å². The number of hydrogen-bond donors (Lipinski definition) is 3. The van der Waals surface area contributed by atoms with Crippen LogP contribution in [0.2, 0.25) is 0 Å². The molecule has 0 fully saturated rings. The fourth-order valence-electron chi connectivity index (χ4n) is 7.92. The van der Waals surface area contributed by atoms with Crippen LogP contribution < -0.4 is 5.32 Å². The zero-order valence-corrected chi connectivity index (χ0v) is 39.5. The van der Waals surface area contributed by atoms with E-state index in [1.165, 1.54) is 193 Å². The van der Waals surface area contributed by atoms with Crippen molar-refractivity contribution in [3.63, 3.8) is 0 Å². The lowest BCUT2D eigenvalue weighted by Crippen LogP contribution is -2.45. The normalized spacial score (nSPS) is 12.8. The maximum absolute atomic E-state index is 12.4. The second-order valence-corrected chi connectivity index (χ2v) is 17.9. The van der Waals surface area contributed by atoms with E-state index >= 15 is 0 Å². The summed E-state index contributed by atoms with van der Waals surface area (Å²) in [5.74, 6) is -0.0917. The molecule has 0 aromatic rings. The van der Waals surface area contributed by atoms with E-state index in [4.69, 9.17) is 4.74 Å². The molecule has 0 heterocycles. The van der Waals surface area contributed by atoms with Crippen LogP contribution in [0.1, 0.15) is 277 Å². The fraction of sp³-hybridized carbons (Fsp3) is 0.887. The smallest absolute Gasteiger partial charge is 0.305 e. The Bertz CT molecular complexity index is 920. The predicted molar refractivity (Wildman–Crippen MR) is 255 cm³/mol. The van der Waals surface area contributed by atoms with Crippen LogP contribution in [0.5, 0.6) is 0 Å². The van der Waals surface area contributed by atoms with Gasteiger partial charge in [0.1, 0.15) is 0 Å². The number of esters is 1. The second-order valence-electron chi connectivity index (χ2n) is 17.9. The molecular formula is C53H101NO5. The Morgan fingerprint density at radius 3 is 1.24 bits per heavy atom. The summed E-state index contributed by atoms with van der Waals surface area (Å²) in [5.41, 5.74) is 0. The third-order valence-corrected chi connectivity index (χ3v) is 12.0. The van der Waals surface area contributed by atoms with E-state index in [9.17, 15) is 19.8 Å². The van der Waals surface area contributed by atoms with Crippen LogP contribution in [0.15, 0.2) is 24.3 Å². The lowest BCUT2D eigenvalue weighted by atomic mass is 10.0. The molecule has 0 radical (unpaired) electrons. The molecule has 348 valence electrons. The fourth-order valence-corrected chi connectivity index (χ4v) is 7.92. The monoisotopic (exact) mass is 832 g/mol. The highest BCUT2D eigenvalue weighted by Gasteiger charge is 2.18. The summed E-state index contributed by atoms with van der Waals surface area (Å²) in [6, 6.07) is -0.635. The molecule has 0 aromatic heterocycles. The first kappa shape index (κ1) is 57.3. The number of allylic oxidation sites excluding steroid dienone is 3. The van der Waals surface area contributed by atoms with E-state index in [-0.39, 0.29) is 18.5 Å². The molecule has 0 saturated carbocycles. The predicted octanol–water partition coefficient (Wildman–Crippen LogP) is 15.5. The van der Waals surface area contributed by atoms with Gasteiger partial charge >= 0.3 is 5.97 Å². The summed E-state index contributed by atoms with van der Waals surface area (Å²) < 4.78 is 5.45. The van der Waals surface area contributed by atoms with Crippen molar-refractivity contribution >= 4 is 11.9 Å². The van der Waals surface area contributed by atoms with Gasteiger partial charge < -0.3 is 20.3 Å². The standard InChI is InChI=1S/C53H101NO5/c1-3-5-7-9-11-13-15-17-18-19-22-25-29-33-37-41-45-51(56)50(49-55)54-52(57)46-42-38-34-30-26-23-20-21-24-28-32-36-40-44-48-59-53(58)47-43-39-35-31-27-16-14-12-10-8-6-4-2/h12,14,41,45,50-51,55-56H,3-11,13,15-40,42-44,46-49H2,1-2H3,(H,54,57)/b14-12-,45-41+. The van der Waals surface area contributed by atoms with Gasteiger partial charge in [0.05, 0.1) is 25.4 Å². The molecule has 0 rings (SSSR count). The summed E-state index contributed by atoms with van der Waals surface area (Å²) in [6.07, 6.45) is 57.4. The molecule has 0 aliphatic rings. The van der Waals surface area contributed by atoms with Crippen molar-refractivity contribution in [2.45, 2.75) is 289 Å². The van der Waals surface area contributed by atoms with Gasteiger partial charge in [-0.05, 0) is 57.8 Å². The van der Waals surface area contributed by atoms with E-state index < -0.39 is 12.1 Å². The molecule has 59 heavy (non-hydrogen) atoms. The van der Waals surface area contributed by atoms with Crippen LogP contribution in [-0.2, 0) is 14.3 Å². The van der Waals surface area contributed by atoms with Crippen molar-refractivity contribution in [2.24, 2.45) is 0 Å². The van der Waals surface area contributed by atoms with Gasteiger partial charge in [0.25, 0.3) is 0 Å². The molecular weight excluding hydrogens is 731 g/mol. The molecule has 0 spiro atoms. The van der Waals surface area contributed by atoms with Crippen molar-refractivity contribution in [3.8, 4) is 0 Å². The molecule has 3 N–H and O–H groups in total.